The van der Waals surface area contributed by atoms with E-state index in [0.717, 1.165) is 0 Å². The van der Waals surface area contributed by atoms with Gasteiger partial charge in [-0.05, 0) is 0 Å². The maximum atomic E-state index is 13.0. The van der Waals surface area contributed by atoms with E-state index in [4.69, 9.17) is 5.11 Å². The molecule has 124 valence electrons. The smallest absolute Gasteiger partial charge is 0.438 e. The van der Waals surface area contributed by atoms with Crippen LogP contribution in [0.3, 0.4) is 0 Å². The normalized spacial score (nSPS) is 15.0. The molecule has 0 bridgehead atoms. The first-order chi connectivity index (χ1) is 8.85. The number of halogens is 11. The molecule has 0 aliphatic heterocycles. The molecule has 0 aromatic heterocycles. The number of rotatable bonds is 4. The van der Waals surface area contributed by atoms with E-state index in [1.54, 1.807) is 6.58 Å². The fourth-order valence-electron chi connectivity index (χ4n) is 1.06. The van der Waals surface area contributed by atoms with Crippen LogP contribution in [0.2, 0.25) is 0 Å². The van der Waals surface area contributed by atoms with Gasteiger partial charge >= 0.3 is 35.8 Å². The molecule has 0 radical (unpaired) electrons. The molecule has 0 aliphatic rings. The Kier molecular flexibility index (Phi) is 4.38. The minimum atomic E-state index is -7.69. The number of carboxylic acids is 1. The summed E-state index contributed by atoms with van der Waals surface area (Å²) < 4.78 is 137. The summed E-state index contributed by atoms with van der Waals surface area (Å²) in [5.41, 5.74) is -10.7. The molecule has 21 heavy (non-hydrogen) atoms. The maximum Gasteiger partial charge on any atom is 0.438 e. The molecule has 0 unspecified atom stereocenters. The number of carbonyl (C=O) groups is 1. The molecule has 0 aliphatic carbocycles. The van der Waals surface area contributed by atoms with Gasteiger partial charge in [0, 0.05) is 0 Å². The van der Waals surface area contributed by atoms with Crippen LogP contribution in [0, 0.1) is 0 Å². The molecule has 1 N–H and O–H groups in total. The van der Waals surface area contributed by atoms with E-state index in [-0.39, 0.29) is 0 Å². The van der Waals surface area contributed by atoms with Gasteiger partial charge in [0.25, 0.3) is 0 Å². The van der Waals surface area contributed by atoms with E-state index in [1.807, 2.05) is 0 Å². The lowest BCUT2D eigenvalue weighted by molar-refractivity contribution is -0.421. The molecule has 0 atom stereocenters. The number of alkyl halides is 11. The van der Waals surface area contributed by atoms with Crippen LogP contribution in [0.25, 0.3) is 0 Å². The molecular weight excluding hydrogens is 337 g/mol. The summed E-state index contributed by atoms with van der Waals surface area (Å²) in [6, 6.07) is 0. The van der Waals surface area contributed by atoms with Crippen LogP contribution in [-0.2, 0) is 4.79 Å². The van der Waals surface area contributed by atoms with E-state index >= 15 is 0 Å². The average molecular weight is 340 g/mol. The van der Waals surface area contributed by atoms with Crippen LogP contribution >= 0.6 is 0 Å². The van der Waals surface area contributed by atoms with Crippen molar-refractivity contribution in [2.75, 3.05) is 0 Å². The van der Waals surface area contributed by atoms with E-state index < -0.39 is 41.4 Å². The Bertz CT molecular complexity index is 430. The second-order valence-electron chi connectivity index (χ2n) is 3.59. The highest BCUT2D eigenvalue weighted by molar-refractivity contribution is 5.88. The Hall–Kier alpha value is -1.56. The fraction of sp³-hybridized carbons (Fsp3) is 0.625. The maximum absolute atomic E-state index is 13.0. The van der Waals surface area contributed by atoms with Crippen molar-refractivity contribution in [3.05, 3.63) is 12.2 Å². The van der Waals surface area contributed by atoms with Crippen LogP contribution in [0.1, 0.15) is 0 Å². The number of aliphatic carboxylic acids is 1. The van der Waals surface area contributed by atoms with Gasteiger partial charge in [-0.1, -0.05) is 6.58 Å². The minimum Gasteiger partial charge on any atom is -0.478 e. The summed E-state index contributed by atoms with van der Waals surface area (Å²) in [4.78, 5) is 10.0. The van der Waals surface area contributed by atoms with Gasteiger partial charge in [-0.15, -0.1) is 0 Å². The number of carboxylic acid groups (broad SMARTS) is 1. The molecule has 0 rings (SSSR count). The van der Waals surface area contributed by atoms with Gasteiger partial charge in [-0.25, -0.2) is 9.18 Å². The van der Waals surface area contributed by atoms with Crippen LogP contribution in [0.15, 0.2) is 12.2 Å². The summed E-state index contributed by atoms with van der Waals surface area (Å²) in [5.74, 6) is -17.2. The zero-order valence-corrected chi connectivity index (χ0v) is 9.22. The molecule has 0 saturated carbocycles. The zero-order chi connectivity index (χ0) is 17.7. The van der Waals surface area contributed by atoms with Crippen LogP contribution in [0.4, 0.5) is 48.3 Å². The Balaban J connectivity index is 6.41. The monoisotopic (exact) mass is 340 g/mol. The fourth-order valence-corrected chi connectivity index (χ4v) is 1.06. The Morgan fingerprint density at radius 2 is 1.05 bits per heavy atom. The second-order valence-corrected chi connectivity index (χ2v) is 3.59. The first-order valence-electron chi connectivity index (χ1n) is 4.36. The molecular formula is C8H3F11O2. The van der Waals surface area contributed by atoms with Crippen LogP contribution < -0.4 is 0 Å². The van der Waals surface area contributed by atoms with Crippen molar-refractivity contribution in [3.8, 4) is 0 Å². The van der Waals surface area contributed by atoms with Crippen molar-refractivity contribution in [1.82, 2.24) is 0 Å². The van der Waals surface area contributed by atoms with E-state index in [2.05, 4.69) is 0 Å². The Labute approximate surface area is 107 Å². The third-order valence-corrected chi connectivity index (χ3v) is 2.25. The summed E-state index contributed by atoms with van der Waals surface area (Å²) >= 11 is 0. The van der Waals surface area contributed by atoms with E-state index in [0.29, 0.717) is 0 Å². The summed E-state index contributed by atoms with van der Waals surface area (Å²) in [5, 5.41) is 7.95. The Morgan fingerprint density at radius 3 is 1.24 bits per heavy atom. The van der Waals surface area contributed by atoms with Crippen molar-refractivity contribution in [2.24, 2.45) is 0 Å². The van der Waals surface area contributed by atoms with Crippen molar-refractivity contribution in [3.63, 3.8) is 0 Å². The summed E-state index contributed by atoms with van der Waals surface area (Å²) in [6.07, 6.45) is -15.0. The lowest BCUT2D eigenvalue weighted by Gasteiger charge is -2.39. The second kappa shape index (κ2) is 4.73. The first kappa shape index (κ1) is 19.4. The molecule has 0 heterocycles. The highest BCUT2D eigenvalue weighted by atomic mass is 19.4. The van der Waals surface area contributed by atoms with E-state index in [9.17, 15) is 53.1 Å². The average Bonchev–Trinajstić information content (AvgIpc) is 2.22. The van der Waals surface area contributed by atoms with Crippen LogP contribution in [-0.4, -0.2) is 40.9 Å². The molecule has 0 aromatic rings. The summed E-state index contributed by atoms with van der Waals surface area (Å²) in [6.45, 7) is 1.74. The van der Waals surface area contributed by atoms with Gasteiger partial charge in [-0.3, -0.25) is 0 Å². The zero-order valence-electron chi connectivity index (χ0n) is 9.22. The van der Waals surface area contributed by atoms with Gasteiger partial charge in [0.2, 0.25) is 0 Å². The molecule has 0 spiro atoms. The minimum absolute atomic E-state index is 1.74. The van der Waals surface area contributed by atoms with Gasteiger partial charge in [0.05, 0.1) is 0 Å². The Morgan fingerprint density at radius 1 is 0.762 bits per heavy atom. The van der Waals surface area contributed by atoms with Crippen LogP contribution in [0.5, 0.6) is 0 Å². The van der Waals surface area contributed by atoms with Crippen molar-refractivity contribution in [2.45, 2.75) is 29.9 Å². The SMILES string of the molecule is C=C(C(=O)O)C(F)(F)C(F)(F)C(F)(C(F)(F)F)C(F)(F)F. The quantitative estimate of drug-likeness (QED) is 0.626. The van der Waals surface area contributed by atoms with Gasteiger partial charge in [0.1, 0.15) is 5.57 Å². The van der Waals surface area contributed by atoms with Gasteiger partial charge in [0.15, 0.2) is 0 Å². The van der Waals surface area contributed by atoms with Gasteiger partial charge in [-0.2, -0.15) is 43.9 Å². The predicted molar refractivity (Wildman–Crippen MR) is 42.6 cm³/mol. The van der Waals surface area contributed by atoms with Crippen molar-refractivity contribution < 1.29 is 58.2 Å². The highest BCUT2D eigenvalue weighted by Gasteiger charge is 2.90. The summed E-state index contributed by atoms with van der Waals surface area (Å²) in [7, 11) is 0. The predicted octanol–water partition coefficient (Wildman–Crippen LogP) is 3.73. The number of hydrogen-bond acceptors (Lipinski definition) is 1. The third-order valence-electron chi connectivity index (χ3n) is 2.25. The molecule has 2 nitrogen and oxygen atoms in total. The van der Waals surface area contributed by atoms with Gasteiger partial charge < -0.3 is 5.11 Å². The van der Waals surface area contributed by atoms with Crippen molar-refractivity contribution in [1.29, 1.82) is 0 Å². The largest absolute Gasteiger partial charge is 0.478 e. The van der Waals surface area contributed by atoms with Crippen molar-refractivity contribution >= 4 is 5.97 Å². The lowest BCUT2D eigenvalue weighted by atomic mass is 9.87. The molecule has 0 amide bonds. The molecule has 13 heteroatoms. The lowest BCUT2D eigenvalue weighted by Crippen LogP contribution is -2.70. The third kappa shape index (κ3) is 2.52. The standard InChI is InChI=1S/C8H3F11O2/c1-2(3(20)21)4(9,10)6(12,13)5(11,7(14,15)16)8(17,18)19/h1H2,(H,20,21). The molecule has 0 fully saturated rings. The highest BCUT2D eigenvalue weighted by Crippen LogP contribution is 2.60. The topological polar surface area (TPSA) is 37.3 Å². The van der Waals surface area contributed by atoms with E-state index in [1.165, 1.54) is 0 Å². The molecule has 0 saturated heterocycles. The molecule has 0 aromatic carbocycles. The first-order valence-corrected chi connectivity index (χ1v) is 4.36. The number of hydrogen-bond donors (Lipinski definition) is 1.